The lowest BCUT2D eigenvalue weighted by atomic mass is 9.99. The van der Waals surface area contributed by atoms with Gasteiger partial charge < -0.3 is 5.32 Å². The van der Waals surface area contributed by atoms with E-state index in [4.69, 9.17) is 0 Å². The van der Waals surface area contributed by atoms with Crippen LogP contribution in [0.2, 0.25) is 0 Å². The van der Waals surface area contributed by atoms with Gasteiger partial charge in [-0.25, -0.2) is 4.39 Å². The molecular weight excluding hydrogens is 213 g/mol. The lowest BCUT2D eigenvalue weighted by molar-refractivity contribution is 0.603. The van der Waals surface area contributed by atoms with E-state index in [0.29, 0.717) is 0 Å². The molecule has 2 rings (SSSR count). The maximum absolute atomic E-state index is 13.3. The van der Waals surface area contributed by atoms with Crippen LogP contribution in [0.25, 0.3) is 0 Å². The van der Waals surface area contributed by atoms with E-state index in [0.717, 1.165) is 17.7 Å². The molecule has 0 radical (unpaired) electrons. The van der Waals surface area contributed by atoms with Gasteiger partial charge in [-0.1, -0.05) is 49.4 Å². The van der Waals surface area contributed by atoms with Crippen molar-refractivity contribution in [3.8, 4) is 0 Å². The molecule has 0 aliphatic heterocycles. The molecule has 0 aliphatic carbocycles. The van der Waals surface area contributed by atoms with Gasteiger partial charge >= 0.3 is 0 Å². The maximum atomic E-state index is 13.3. The van der Waals surface area contributed by atoms with Crippen LogP contribution in [0.4, 0.5) is 4.39 Å². The average Bonchev–Trinajstić information content (AvgIpc) is 2.37. The predicted octanol–water partition coefficient (Wildman–Crippen LogP) is 3.52. The van der Waals surface area contributed by atoms with E-state index in [-0.39, 0.29) is 11.9 Å². The summed E-state index contributed by atoms with van der Waals surface area (Å²) >= 11 is 0. The predicted molar refractivity (Wildman–Crippen MR) is 68.4 cm³/mol. The first kappa shape index (κ1) is 11.8. The van der Waals surface area contributed by atoms with Crippen LogP contribution >= 0.6 is 0 Å². The molecule has 0 saturated carbocycles. The Bertz CT molecular complexity index is 467. The largest absolute Gasteiger partial charge is 0.307 e. The van der Waals surface area contributed by atoms with Crippen LogP contribution in [-0.4, -0.2) is 6.54 Å². The van der Waals surface area contributed by atoms with Crippen LogP contribution in [0.5, 0.6) is 0 Å². The Morgan fingerprint density at radius 1 is 1.00 bits per heavy atom. The Morgan fingerprint density at radius 3 is 2.35 bits per heavy atom. The lowest BCUT2D eigenvalue weighted by Crippen LogP contribution is -2.21. The Labute approximate surface area is 101 Å². The third-order valence-electron chi connectivity index (χ3n) is 2.72. The number of hydrogen-bond donors (Lipinski definition) is 1. The Kier molecular flexibility index (Phi) is 3.89. The smallest absolute Gasteiger partial charge is 0.123 e. The van der Waals surface area contributed by atoms with Gasteiger partial charge in [0.15, 0.2) is 0 Å². The van der Waals surface area contributed by atoms with Crippen LogP contribution in [0, 0.1) is 5.82 Å². The summed E-state index contributed by atoms with van der Waals surface area (Å²) in [7, 11) is 0. The molecule has 0 saturated heterocycles. The average molecular weight is 229 g/mol. The van der Waals surface area contributed by atoms with Crippen molar-refractivity contribution in [3.05, 3.63) is 71.5 Å². The zero-order chi connectivity index (χ0) is 12.1. The summed E-state index contributed by atoms with van der Waals surface area (Å²) < 4.78 is 13.3. The molecular formula is C15H16FN. The summed E-state index contributed by atoms with van der Waals surface area (Å²) in [6, 6.07) is 16.9. The SMILES string of the molecule is CCNC(c1ccccc1)c1cccc(F)c1. The lowest BCUT2D eigenvalue weighted by Gasteiger charge is -2.18. The number of benzene rings is 2. The summed E-state index contributed by atoms with van der Waals surface area (Å²) in [5.74, 6) is -0.193. The molecule has 0 heterocycles. The first-order chi connectivity index (χ1) is 8.31. The Balaban J connectivity index is 2.35. The molecule has 0 aliphatic rings. The number of rotatable bonds is 4. The molecule has 17 heavy (non-hydrogen) atoms. The van der Waals surface area contributed by atoms with Crippen LogP contribution in [-0.2, 0) is 0 Å². The van der Waals surface area contributed by atoms with Gasteiger partial charge in [-0.2, -0.15) is 0 Å². The van der Waals surface area contributed by atoms with Crippen LogP contribution in [0.3, 0.4) is 0 Å². The second kappa shape index (κ2) is 5.60. The first-order valence-electron chi connectivity index (χ1n) is 5.85. The highest BCUT2D eigenvalue weighted by Gasteiger charge is 2.12. The molecule has 1 N–H and O–H groups in total. The number of hydrogen-bond acceptors (Lipinski definition) is 1. The van der Waals surface area contributed by atoms with Crippen LogP contribution in [0.1, 0.15) is 24.1 Å². The van der Waals surface area contributed by atoms with Gasteiger partial charge in [-0.3, -0.25) is 0 Å². The monoisotopic (exact) mass is 229 g/mol. The molecule has 0 fully saturated rings. The minimum atomic E-state index is -0.193. The minimum absolute atomic E-state index is 0.0527. The first-order valence-corrected chi connectivity index (χ1v) is 5.85. The quantitative estimate of drug-likeness (QED) is 0.845. The van der Waals surface area contributed by atoms with Gasteiger partial charge in [-0.15, -0.1) is 0 Å². The molecule has 2 heteroatoms. The molecule has 88 valence electrons. The van der Waals surface area contributed by atoms with E-state index in [1.807, 2.05) is 24.3 Å². The highest BCUT2D eigenvalue weighted by atomic mass is 19.1. The van der Waals surface area contributed by atoms with Crippen molar-refractivity contribution < 1.29 is 4.39 Å². The summed E-state index contributed by atoms with van der Waals surface area (Å²) in [6.45, 7) is 2.89. The second-order valence-corrected chi connectivity index (χ2v) is 3.96. The van der Waals surface area contributed by atoms with E-state index in [1.54, 1.807) is 12.1 Å². The number of halogens is 1. The van der Waals surface area contributed by atoms with E-state index < -0.39 is 0 Å². The zero-order valence-electron chi connectivity index (χ0n) is 9.86. The third kappa shape index (κ3) is 2.92. The molecule has 1 unspecified atom stereocenters. The van der Waals surface area contributed by atoms with Gasteiger partial charge in [-0.05, 0) is 29.8 Å². The van der Waals surface area contributed by atoms with E-state index >= 15 is 0 Å². The van der Waals surface area contributed by atoms with Gasteiger partial charge in [0.25, 0.3) is 0 Å². The molecule has 0 bridgehead atoms. The van der Waals surface area contributed by atoms with Crippen molar-refractivity contribution in [1.29, 1.82) is 0 Å². The zero-order valence-corrected chi connectivity index (χ0v) is 9.86. The topological polar surface area (TPSA) is 12.0 Å². The van der Waals surface area contributed by atoms with Crippen molar-refractivity contribution in [1.82, 2.24) is 5.32 Å². The molecule has 0 aromatic heterocycles. The van der Waals surface area contributed by atoms with Crippen molar-refractivity contribution in [3.63, 3.8) is 0 Å². The Morgan fingerprint density at radius 2 is 1.71 bits per heavy atom. The molecule has 1 nitrogen and oxygen atoms in total. The number of nitrogens with one attached hydrogen (secondary N) is 1. The highest BCUT2D eigenvalue weighted by Crippen LogP contribution is 2.22. The minimum Gasteiger partial charge on any atom is -0.307 e. The summed E-state index contributed by atoms with van der Waals surface area (Å²) in [6.07, 6.45) is 0. The van der Waals surface area contributed by atoms with Gasteiger partial charge in [0.1, 0.15) is 5.82 Å². The van der Waals surface area contributed by atoms with Crippen LogP contribution in [0.15, 0.2) is 54.6 Å². The summed E-state index contributed by atoms with van der Waals surface area (Å²) in [5.41, 5.74) is 2.11. The fraction of sp³-hybridized carbons (Fsp3) is 0.200. The standard InChI is InChI=1S/C15H16FN/c1-2-17-15(12-7-4-3-5-8-12)13-9-6-10-14(16)11-13/h3-11,15,17H,2H2,1H3. The van der Waals surface area contributed by atoms with E-state index in [9.17, 15) is 4.39 Å². The van der Waals surface area contributed by atoms with Crippen molar-refractivity contribution in [2.75, 3.05) is 6.54 Å². The third-order valence-corrected chi connectivity index (χ3v) is 2.72. The highest BCUT2D eigenvalue weighted by molar-refractivity contribution is 5.31. The molecule has 2 aromatic carbocycles. The summed E-state index contributed by atoms with van der Waals surface area (Å²) in [5, 5.41) is 3.38. The van der Waals surface area contributed by atoms with Crippen molar-refractivity contribution in [2.45, 2.75) is 13.0 Å². The van der Waals surface area contributed by atoms with Gasteiger partial charge in [0.2, 0.25) is 0 Å². The molecule has 0 spiro atoms. The molecule has 2 aromatic rings. The van der Waals surface area contributed by atoms with E-state index in [1.165, 1.54) is 6.07 Å². The molecule has 0 amide bonds. The Hall–Kier alpha value is -1.67. The summed E-state index contributed by atoms with van der Waals surface area (Å²) in [4.78, 5) is 0. The van der Waals surface area contributed by atoms with Gasteiger partial charge in [0, 0.05) is 0 Å². The van der Waals surface area contributed by atoms with Crippen molar-refractivity contribution in [2.24, 2.45) is 0 Å². The van der Waals surface area contributed by atoms with Gasteiger partial charge in [0.05, 0.1) is 6.04 Å². The van der Waals surface area contributed by atoms with E-state index in [2.05, 4.69) is 24.4 Å². The normalized spacial score (nSPS) is 12.4. The second-order valence-electron chi connectivity index (χ2n) is 3.96. The van der Waals surface area contributed by atoms with Crippen molar-refractivity contribution >= 4 is 0 Å². The fourth-order valence-electron chi connectivity index (χ4n) is 1.96. The fourth-order valence-corrected chi connectivity index (χ4v) is 1.96. The van der Waals surface area contributed by atoms with Crippen LogP contribution < -0.4 is 5.32 Å². The maximum Gasteiger partial charge on any atom is 0.123 e. The molecule has 1 atom stereocenters.